The van der Waals surface area contributed by atoms with Crippen molar-refractivity contribution >= 4 is 15.9 Å². The van der Waals surface area contributed by atoms with Crippen LogP contribution in [-0.2, 0) is 0 Å². The molecule has 2 aromatic carbocycles. The molecule has 0 bridgehead atoms. The lowest BCUT2D eigenvalue weighted by molar-refractivity contribution is 0.568. The highest BCUT2D eigenvalue weighted by Gasteiger charge is 2.18. The maximum atomic E-state index is 13.9. The van der Waals surface area contributed by atoms with Gasteiger partial charge in [0, 0.05) is 11.6 Å². The fourth-order valence-corrected chi connectivity index (χ4v) is 2.79. The van der Waals surface area contributed by atoms with Gasteiger partial charge in [0.2, 0.25) is 0 Å². The van der Waals surface area contributed by atoms with Gasteiger partial charge in [-0.15, -0.1) is 0 Å². The van der Waals surface area contributed by atoms with Gasteiger partial charge in [0.05, 0.1) is 4.83 Å². The molecule has 4 heteroatoms. The van der Waals surface area contributed by atoms with Crippen molar-refractivity contribution in [1.82, 2.24) is 0 Å². The largest absolute Gasteiger partial charge is 0.207 e. The molecule has 0 aliphatic heterocycles. The first-order valence-electron chi connectivity index (χ1n) is 6.17. The van der Waals surface area contributed by atoms with Crippen LogP contribution in [0.25, 0.3) is 0 Å². The summed E-state index contributed by atoms with van der Waals surface area (Å²) in [5.41, 5.74) is 2.47. The molecule has 0 aromatic heterocycles. The summed E-state index contributed by atoms with van der Waals surface area (Å²) in [7, 11) is 0. The third-order valence-corrected chi connectivity index (χ3v) is 4.32. The SMILES string of the molecule is Cc1cc(C(Br)c2cc(C)c(F)c(C)c2)c(F)cc1F. The highest BCUT2D eigenvalue weighted by molar-refractivity contribution is 9.09. The molecule has 2 aromatic rings. The van der Waals surface area contributed by atoms with Gasteiger partial charge >= 0.3 is 0 Å². The maximum absolute atomic E-state index is 13.9. The molecule has 1 atom stereocenters. The molecule has 0 amide bonds. The summed E-state index contributed by atoms with van der Waals surface area (Å²) >= 11 is 3.41. The van der Waals surface area contributed by atoms with Gasteiger partial charge in [0.1, 0.15) is 17.5 Å². The predicted molar refractivity (Wildman–Crippen MR) is 77.7 cm³/mol. The molecule has 20 heavy (non-hydrogen) atoms. The lowest BCUT2D eigenvalue weighted by atomic mass is 9.98. The van der Waals surface area contributed by atoms with Crippen LogP contribution in [0.1, 0.15) is 32.6 Å². The van der Waals surface area contributed by atoms with Crippen LogP contribution >= 0.6 is 15.9 Å². The summed E-state index contributed by atoms with van der Waals surface area (Å²) in [6, 6.07) is 5.68. The molecule has 0 saturated heterocycles. The molecule has 2 rings (SSSR count). The first kappa shape index (κ1) is 15.1. The lowest BCUT2D eigenvalue weighted by Gasteiger charge is -2.15. The second-order valence-electron chi connectivity index (χ2n) is 4.95. The molecule has 0 aliphatic carbocycles. The maximum Gasteiger partial charge on any atom is 0.130 e. The van der Waals surface area contributed by atoms with E-state index < -0.39 is 16.5 Å². The van der Waals surface area contributed by atoms with Crippen molar-refractivity contribution in [2.45, 2.75) is 25.6 Å². The van der Waals surface area contributed by atoms with Crippen LogP contribution in [0.4, 0.5) is 13.2 Å². The lowest BCUT2D eigenvalue weighted by Crippen LogP contribution is -2.01. The van der Waals surface area contributed by atoms with E-state index in [0.717, 1.165) is 11.6 Å². The van der Waals surface area contributed by atoms with Crippen molar-refractivity contribution in [3.05, 3.63) is 69.5 Å². The Kier molecular flexibility index (Phi) is 4.23. The van der Waals surface area contributed by atoms with E-state index in [1.165, 1.54) is 6.07 Å². The minimum Gasteiger partial charge on any atom is -0.207 e. The van der Waals surface area contributed by atoms with Crippen molar-refractivity contribution < 1.29 is 13.2 Å². The van der Waals surface area contributed by atoms with Crippen LogP contribution in [0.3, 0.4) is 0 Å². The molecule has 0 nitrogen and oxygen atoms in total. The molecule has 0 saturated carbocycles. The summed E-state index contributed by atoms with van der Waals surface area (Å²) in [5.74, 6) is -1.45. The van der Waals surface area contributed by atoms with Crippen LogP contribution < -0.4 is 0 Å². The minimum absolute atomic E-state index is 0.260. The molecule has 106 valence electrons. The molecular formula is C16H14BrF3. The number of benzene rings is 2. The summed E-state index contributed by atoms with van der Waals surface area (Å²) in [5, 5.41) is 0. The van der Waals surface area contributed by atoms with Gasteiger partial charge in [-0.05, 0) is 49.1 Å². The Morgan fingerprint density at radius 2 is 1.35 bits per heavy atom. The number of halogens is 4. The van der Waals surface area contributed by atoms with E-state index in [9.17, 15) is 13.2 Å². The summed E-state index contributed by atoms with van der Waals surface area (Å²) < 4.78 is 40.8. The first-order valence-corrected chi connectivity index (χ1v) is 7.09. The Hall–Kier alpha value is -1.29. The average Bonchev–Trinajstić information content (AvgIpc) is 2.38. The van der Waals surface area contributed by atoms with Gasteiger partial charge in [-0.2, -0.15) is 0 Å². The third-order valence-electron chi connectivity index (χ3n) is 3.30. The molecule has 0 radical (unpaired) electrons. The smallest absolute Gasteiger partial charge is 0.130 e. The van der Waals surface area contributed by atoms with Crippen molar-refractivity contribution in [3.63, 3.8) is 0 Å². The van der Waals surface area contributed by atoms with Gasteiger partial charge in [0.15, 0.2) is 0 Å². The molecule has 0 spiro atoms. The molecule has 0 fully saturated rings. The Labute approximate surface area is 124 Å². The molecule has 0 N–H and O–H groups in total. The second kappa shape index (κ2) is 5.60. The van der Waals surface area contributed by atoms with Crippen LogP contribution in [-0.4, -0.2) is 0 Å². The van der Waals surface area contributed by atoms with E-state index in [4.69, 9.17) is 0 Å². The highest BCUT2D eigenvalue weighted by atomic mass is 79.9. The van der Waals surface area contributed by atoms with Crippen LogP contribution in [0.2, 0.25) is 0 Å². The molecule has 0 heterocycles. The van der Waals surface area contributed by atoms with Gasteiger partial charge < -0.3 is 0 Å². The standard InChI is InChI=1S/C16H14BrF3/c1-8-6-12(14(19)7-13(8)18)15(17)11-4-9(2)16(20)10(3)5-11/h4-7,15H,1-3H3. The zero-order valence-electron chi connectivity index (χ0n) is 11.4. The van der Waals surface area contributed by atoms with Crippen molar-refractivity contribution in [1.29, 1.82) is 0 Å². The van der Waals surface area contributed by atoms with E-state index in [1.807, 2.05) is 0 Å². The number of alkyl halides is 1. The minimum atomic E-state index is -0.616. The predicted octanol–water partition coefficient (Wildman–Crippen LogP) is 5.51. The van der Waals surface area contributed by atoms with Crippen LogP contribution in [0.15, 0.2) is 24.3 Å². The number of hydrogen-bond donors (Lipinski definition) is 0. The van der Waals surface area contributed by atoms with Gasteiger partial charge in [-0.1, -0.05) is 28.1 Å². The van der Waals surface area contributed by atoms with Gasteiger partial charge in [0.25, 0.3) is 0 Å². The molecule has 0 aliphatic rings. The zero-order valence-corrected chi connectivity index (χ0v) is 13.0. The first-order chi connectivity index (χ1) is 9.31. The molecular weight excluding hydrogens is 329 g/mol. The van der Waals surface area contributed by atoms with E-state index in [2.05, 4.69) is 15.9 Å². The van der Waals surface area contributed by atoms with E-state index >= 15 is 0 Å². The van der Waals surface area contributed by atoms with Crippen molar-refractivity contribution in [3.8, 4) is 0 Å². The van der Waals surface area contributed by atoms with Gasteiger partial charge in [-0.3, -0.25) is 0 Å². The fraction of sp³-hybridized carbons (Fsp3) is 0.250. The Morgan fingerprint density at radius 3 is 1.90 bits per heavy atom. The fourth-order valence-electron chi connectivity index (χ4n) is 2.18. The van der Waals surface area contributed by atoms with Crippen LogP contribution in [0, 0.1) is 38.2 Å². The van der Waals surface area contributed by atoms with Crippen LogP contribution in [0.5, 0.6) is 0 Å². The monoisotopic (exact) mass is 342 g/mol. The number of hydrogen-bond acceptors (Lipinski definition) is 0. The second-order valence-corrected chi connectivity index (χ2v) is 5.87. The number of rotatable bonds is 2. The summed E-state index contributed by atoms with van der Waals surface area (Å²) in [6.07, 6.45) is 0. The van der Waals surface area contributed by atoms with Crippen molar-refractivity contribution in [2.75, 3.05) is 0 Å². The zero-order chi connectivity index (χ0) is 15.0. The van der Waals surface area contributed by atoms with Crippen molar-refractivity contribution in [2.24, 2.45) is 0 Å². The van der Waals surface area contributed by atoms with E-state index in [0.29, 0.717) is 22.3 Å². The topological polar surface area (TPSA) is 0 Å². The Bertz CT molecular complexity index is 642. The van der Waals surface area contributed by atoms with E-state index in [1.54, 1.807) is 32.9 Å². The van der Waals surface area contributed by atoms with E-state index in [-0.39, 0.29) is 5.82 Å². The molecule has 1 unspecified atom stereocenters. The number of aryl methyl sites for hydroxylation is 3. The summed E-state index contributed by atoms with van der Waals surface area (Å²) in [4.78, 5) is -0.445. The Balaban J connectivity index is 2.51. The third kappa shape index (κ3) is 2.75. The summed E-state index contributed by atoms with van der Waals surface area (Å²) in [6.45, 7) is 4.91. The quantitative estimate of drug-likeness (QED) is 0.631. The Morgan fingerprint density at radius 1 is 0.800 bits per heavy atom. The normalized spacial score (nSPS) is 12.6. The highest BCUT2D eigenvalue weighted by Crippen LogP contribution is 2.35. The average molecular weight is 343 g/mol. The van der Waals surface area contributed by atoms with Gasteiger partial charge in [-0.25, -0.2) is 13.2 Å².